The van der Waals surface area contributed by atoms with Gasteiger partial charge >= 0.3 is 12.4 Å². The van der Waals surface area contributed by atoms with Crippen LogP contribution in [0.4, 0.5) is 30.7 Å². The number of aryl methyl sites for hydroxylation is 2. The highest BCUT2D eigenvalue weighted by Crippen LogP contribution is 2.37. The summed E-state index contributed by atoms with van der Waals surface area (Å²) < 4.78 is 122. The molecular formula is C17H18F7N5O3S2. The number of hydrogen-bond donors (Lipinski definition) is 0. The first-order valence-corrected chi connectivity index (χ1v) is 12.0. The normalized spacial score (nSPS) is 18.0. The Morgan fingerprint density at radius 1 is 0.912 bits per heavy atom. The number of nitrogens with zero attached hydrogens (tertiary/aromatic N) is 5. The smallest absolute Gasteiger partial charge is 0.389 e. The van der Waals surface area contributed by atoms with E-state index < -0.39 is 84.5 Å². The number of oxime groups is 1. The second-order valence-electron chi connectivity index (χ2n) is 7.99. The van der Waals surface area contributed by atoms with Crippen molar-refractivity contribution in [3.05, 3.63) is 28.5 Å². The van der Waals surface area contributed by atoms with Crippen molar-refractivity contribution in [3.8, 4) is 0 Å². The predicted octanol–water partition coefficient (Wildman–Crippen LogP) is 3.40. The van der Waals surface area contributed by atoms with E-state index in [1.165, 1.54) is 0 Å². The Balaban J connectivity index is 2.03. The van der Waals surface area contributed by atoms with Crippen molar-refractivity contribution in [2.45, 2.75) is 54.8 Å². The zero-order valence-corrected chi connectivity index (χ0v) is 19.7. The van der Waals surface area contributed by atoms with Crippen molar-refractivity contribution in [1.82, 2.24) is 19.6 Å². The highest BCUT2D eigenvalue weighted by atomic mass is 32.2. The van der Waals surface area contributed by atoms with Gasteiger partial charge in [-0.15, -0.1) is 0 Å². The van der Waals surface area contributed by atoms with E-state index in [1.807, 2.05) is 0 Å². The van der Waals surface area contributed by atoms with E-state index in [0.29, 0.717) is 4.68 Å². The molecule has 34 heavy (non-hydrogen) atoms. The highest BCUT2D eigenvalue weighted by Gasteiger charge is 2.43. The van der Waals surface area contributed by atoms with E-state index in [4.69, 9.17) is 4.84 Å². The fourth-order valence-electron chi connectivity index (χ4n) is 3.24. The minimum absolute atomic E-state index is 0.0450. The Kier molecular flexibility index (Phi) is 6.75. The molecule has 1 aliphatic heterocycles. The molecule has 1 aliphatic rings. The number of halogens is 7. The van der Waals surface area contributed by atoms with Crippen molar-refractivity contribution < 1.29 is 44.0 Å². The van der Waals surface area contributed by atoms with Gasteiger partial charge in [0.05, 0.1) is 38.7 Å². The zero-order chi connectivity index (χ0) is 25.8. The second kappa shape index (κ2) is 8.73. The van der Waals surface area contributed by atoms with Gasteiger partial charge in [-0.1, -0.05) is 5.16 Å². The molecule has 8 nitrogen and oxygen atoms in total. The largest absolute Gasteiger partial charge is 0.435 e. The Bertz CT molecular complexity index is 1200. The van der Waals surface area contributed by atoms with E-state index in [-0.39, 0.29) is 16.1 Å². The molecule has 0 aromatic carbocycles. The third-order valence-corrected chi connectivity index (χ3v) is 7.48. The number of rotatable bonds is 5. The van der Waals surface area contributed by atoms with Crippen LogP contribution in [-0.2, 0) is 64.4 Å². The van der Waals surface area contributed by atoms with E-state index in [2.05, 4.69) is 15.4 Å². The fraction of sp³-hybridized carbons (Fsp3) is 0.588. The van der Waals surface area contributed by atoms with Crippen molar-refractivity contribution in [2.75, 3.05) is 0 Å². The van der Waals surface area contributed by atoms with Gasteiger partial charge in [0.15, 0.2) is 11.4 Å². The second-order valence-corrected chi connectivity index (χ2v) is 10.8. The summed E-state index contributed by atoms with van der Waals surface area (Å²) in [5, 5.41) is 9.28. The molecule has 190 valence electrons. The van der Waals surface area contributed by atoms with Crippen molar-refractivity contribution in [3.63, 3.8) is 0 Å². The highest BCUT2D eigenvalue weighted by molar-refractivity contribution is 8.00. The summed E-state index contributed by atoms with van der Waals surface area (Å²) >= 11 is 0. The molecule has 0 bridgehead atoms. The van der Waals surface area contributed by atoms with Crippen LogP contribution in [0.1, 0.15) is 42.8 Å². The summed E-state index contributed by atoms with van der Waals surface area (Å²) in [7, 11) is -2.90. The SMILES string of the molecule is Cn1nc(C(F)(F)F)c(CS(=O)c2c(CS(=O)C3=NOC(C)(C)C3)c(C(F)(F)F)nn2C)c1F. The topological polar surface area (TPSA) is 91.4 Å². The van der Waals surface area contributed by atoms with Crippen LogP contribution in [0.5, 0.6) is 0 Å². The van der Waals surface area contributed by atoms with Crippen LogP contribution in [0.3, 0.4) is 0 Å². The Labute approximate surface area is 193 Å². The van der Waals surface area contributed by atoms with Gasteiger partial charge in [-0.05, 0) is 13.8 Å². The standard InChI is InChI=1S/C17H18F7N5O3S2/c1-15(2)5-10(27-32-15)33(30)7-9-12(17(22,23)24)26-29(4)14(9)34(31)6-8-11(16(19,20)21)25-28(3)13(8)18/h5-7H2,1-4H3. The van der Waals surface area contributed by atoms with Gasteiger partial charge in [0.2, 0.25) is 5.95 Å². The molecule has 0 aliphatic carbocycles. The molecule has 2 aromatic heterocycles. The number of hydrogen-bond acceptors (Lipinski definition) is 6. The van der Waals surface area contributed by atoms with Gasteiger partial charge in [-0.2, -0.15) is 40.9 Å². The first-order valence-electron chi connectivity index (χ1n) is 9.36. The fourth-order valence-corrected chi connectivity index (χ4v) is 6.09. The van der Waals surface area contributed by atoms with Gasteiger partial charge in [0.1, 0.15) is 15.7 Å². The van der Waals surface area contributed by atoms with Crippen molar-refractivity contribution in [1.29, 1.82) is 0 Å². The summed E-state index contributed by atoms with van der Waals surface area (Å²) in [5.74, 6) is -3.41. The lowest BCUT2D eigenvalue weighted by Gasteiger charge is -2.13. The van der Waals surface area contributed by atoms with Crippen molar-refractivity contribution >= 4 is 26.6 Å². The quantitative estimate of drug-likeness (QED) is 0.546. The maximum absolute atomic E-state index is 14.3. The summed E-state index contributed by atoms with van der Waals surface area (Å²) in [6, 6.07) is 0. The lowest BCUT2D eigenvalue weighted by Crippen LogP contribution is -2.21. The summed E-state index contributed by atoms with van der Waals surface area (Å²) in [6.07, 6.45) is -10.1. The maximum Gasteiger partial charge on any atom is 0.435 e. The van der Waals surface area contributed by atoms with Gasteiger partial charge in [0.25, 0.3) is 0 Å². The minimum atomic E-state index is -5.09. The third-order valence-electron chi connectivity index (χ3n) is 4.69. The lowest BCUT2D eigenvalue weighted by molar-refractivity contribution is -0.142. The van der Waals surface area contributed by atoms with Crippen LogP contribution < -0.4 is 0 Å². The average Bonchev–Trinajstić information content (AvgIpc) is 3.30. The molecule has 2 aromatic rings. The number of alkyl halides is 6. The van der Waals surface area contributed by atoms with Crippen LogP contribution in [0, 0.1) is 5.95 Å². The van der Waals surface area contributed by atoms with Gasteiger partial charge in [0, 0.05) is 26.1 Å². The van der Waals surface area contributed by atoms with Gasteiger partial charge in [-0.25, -0.2) is 4.68 Å². The molecule has 0 fully saturated rings. The van der Waals surface area contributed by atoms with E-state index in [9.17, 15) is 39.2 Å². The molecular weight excluding hydrogens is 519 g/mol. The van der Waals surface area contributed by atoms with Crippen LogP contribution in [0.25, 0.3) is 0 Å². The molecule has 2 unspecified atom stereocenters. The Morgan fingerprint density at radius 2 is 1.41 bits per heavy atom. The van der Waals surface area contributed by atoms with E-state index in [1.54, 1.807) is 13.8 Å². The van der Waals surface area contributed by atoms with Crippen LogP contribution in [0.15, 0.2) is 10.2 Å². The Morgan fingerprint density at radius 3 is 1.91 bits per heavy atom. The monoisotopic (exact) mass is 537 g/mol. The molecule has 0 N–H and O–H groups in total. The molecule has 0 spiro atoms. The zero-order valence-electron chi connectivity index (χ0n) is 18.0. The van der Waals surface area contributed by atoms with Crippen molar-refractivity contribution in [2.24, 2.45) is 19.3 Å². The van der Waals surface area contributed by atoms with Crippen LogP contribution >= 0.6 is 0 Å². The van der Waals surface area contributed by atoms with Gasteiger partial charge < -0.3 is 4.84 Å². The molecule has 0 radical (unpaired) electrons. The lowest BCUT2D eigenvalue weighted by atomic mass is 10.1. The minimum Gasteiger partial charge on any atom is -0.389 e. The molecule has 3 heterocycles. The molecule has 0 saturated carbocycles. The van der Waals surface area contributed by atoms with Crippen LogP contribution in [-0.4, -0.2) is 38.6 Å². The molecule has 3 rings (SSSR count). The van der Waals surface area contributed by atoms with Gasteiger partial charge in [-0.3, -0.25) is 13.1 Å². The third kappa shape index (κ3) is 5.18. The first kappa shape index (κ1) is 26.3. The average molecular weight is 537 g/mol. The Hall–Kier alpha value is -2.30. The molecule has 17 heteroatoms. The number of aromatic nitrogens is 4. The first-order chi connectivity index (χ1) is 15.4. The summed E-state index contributed by atoms with van der Waals surface area (Å²) in [4.78, 5) is 5.07. The molecule has 2 atom stereocenters. The molecule has 0 saturated heterocycles. The van der Waals surface area contributed by atoms with Crippen LogP contribution in [0.2, 0.25) is 0 Å². The summed E-state index contributed by atoms with van der Waals surface area (Å²) in [6.45, 7) is 3.24. The maximum atomic E-state index is 14.3. The summed E-state index contributed by atoms with van der Waals surface area (Å²) in [5.41, 5.74) is -5.82. The van der Waals surface area contributed by atoms with E-state index in [0.717, 1.165) is 14.1 Å². The molecule has 0 amide bonds. The predicted molar refractivity (Wildman–Crippen MR) is 106 cm³/mol. The van der Waals surface area contributed by atoms with E-state index >= 15 is 0 Å².